The molecule has 0 aliphatic heterocycles. The summed E-state index contributed by atoms with van der Waals surface area (Å²) in [5.74, 6) is 0. The molecular formula is C34H65NO2. The third-order valence-corrected chi connectivity index (χ3v) is 7.88. The van der Waals surface area contributed by atoms with E-state index in [9.17, 15) is 0 Å². The number of allylic oxidation sites excluding steroid dienone is 4. The van der Waals surface area contributed by atoms with Gasteiger partial charge in [-0.2, -0.15) is 0 Å². The fourth-order valence-electron chi connectivity index (χ4n) is 5.36. The number of ether oxygens (including phenoxy) is 2. The van der Waals surface area contributed by atoms with Crippen LogP contribution in [0.4, 0.5) is 0 Å². The molecule has 1 rings (SSSR count). The van der Waals surface area contributed by atoms with Gasteiger partial charge in [0.15, 0.2) is 0 Å². The summed E-state index contributed by atoms with van der Waals surface area (Å²) in [4.78, 5) is 2.37. The molecule has 1 saturated carbocycles. The zero-order chi connectivity index (χ0) is 26.8. The molecule has 0 amide bonds. The lowest BCUT2D eigenvalue weighted by molar-refractivity contribution is -0.0667. The highest BCUT2D eigenvalue weighted by atomic mass is 16.5. The van der Waals surface area contributed by atoms with E-state index in [-0.39, 0.29) is 0 Å². The highest BCUT2D eigenvalue weighted by molar-refractivity contribution is 4.92. The fraction of sp³-hybridized carbons (Fsp3) is 0.882. The minimum atomic E-state index is 0.369. The second-order valence-corrected chi connectivity index (χ2v) is 11.7. The third kappa shape index (κ3) is 20.9. The Kier molecular flexibility index (Phi) is 23.8. The van der Waals surface area contributed by atoms with Gasteiger partial charge in [0.1, 0.15) is 0 Å². The van der Waals surface area contributed by atoms with E-state index in [1.165, 1.54) is 109 Å². The monoisotopic (exact) mass is 520 g/mol. The number of nitrogens with zero attached hydrogens (tertiary/aromatic N) is 1. The maximum Gasteiger partial charge on any atom is 0.0614 e. The predicted octanol–water partition coefficient (Wildman–Crippen LogP) is 10.0. The molecule has 0 aromatic rings. The summed E-state index contributed by atoms with van der Waals surface area (Å²) in [6.07, 6.45) is 37.0. The molecule has 0 bridgehead atoms. The van der Waals surface area contributed by atoms with E-state index in [2.05, 4.69) is 57.1 Å². The standard InChI is InChI=1S/C34H65NO2/c1-5-7-9-11-13-14-15-16-17-18-19-20-21-22-24-26-28-37-34-30-32(35(3)4)29-33(31-34)36-27-25-23-12-10-8-6-2/h13-14,16-17,32-34H,5-12,15,18-31H2,1-4H3/b14-13-,17-16-/t32?,33-,34-/m1/s1. The zero-order valence-electron chi connectivity index (χ0n) is 25.6. The lowest BCUT2D eigenvalue weighted by Crippen LogP contribution is -2.42. The summed E-state index contributed by atoms with van der Waals surface area (Å²) >= 11 is 0. The minimum absolute atomic E-state index is 0.369. The molecule has 1 aliphatic carbocycles. The van der Waals surface area contributed by atoms with Crippen LogP contribution in [0.25, 0.3) is 0 Å². The van der Waals surface area contributed by atoms with Crippen LogP contribution in [0.2, 0.25) is 0 Å². The van der Waals surface area contributed by atoms with E-state index >= 15 is 0 Å². The maximum atomic E-state index is 6.36. The predicted molar refractivity (Wildman–Crippen MR) is 164 cm³/mol. The van der Waals surface area contributed by atoms with Crippen LogP contribution >= 0.6 is 0 Å². The highest BCUT2D eigenvalue weighted by Crippen LogP contribution is 2.27. The molecule has 0 aromatic carbocycles. The molecule has 1 aliphatic rings. The van der Waals surface area contributed by atoms with Crippen LogP contribution in [0.1, 0.15) is 149 Å². The summed E-state index contributed by atoms with van der Waals surface area (Å²) in [6, 6.07) is 0.587. The smallest absolute Gasteiger partial charge is 0.0614 e. The molecule has 0 aromatic heterocycles. The molecule has 1 unspecified atom stereocenters. The second-order valence-electron chi connectivity index (χ2n) is 11.7. The van der Waals surface area contributed by atoms with Crippen LogP contribution in [-0.4, -0.2) is 50.5 Å². The summed E-state index contributed by atoms with van der Waals surface area (Å²) in [5, 5.41) is 0. The highest BCUT2D eigenvalue weighted by Gasteiger charge is 2.31. The van der Waals surface area contributed by atoms with Gasteiger partial charge in [-0.15, -0.1) is 0 Å². The van der Waals surface area contributed by atoms with E-state index in [0.29, 0.717) is 18.2 Å². The molecule has 3 nitrogen and oxygen atoms in total. The molecule has 0 heterocycles. The van der Waals surface area contributed by atoms with Crippen molar-refractivity contribution in [1.82, 2.24) is 4.90 Å². The molecule has 1 fully saturated rings. The van der Waals surface area contributed by atoms with Crippen LogP contribution in [0, 0.1) is 0 Å². The van der Waals surface area contributed by atoms with Crippen molar-refractivity contribution < 1.29 is 9.47 Å². The van der Waals surface area contributed by atoms with Gasteiger partial charge in [-0.1, -0.05) is 109 Å². The summed E-state index contributed by atoms with van der Waals surface area (Å²) in [7, 11) is 4.42. The number of hydrogen-bond acceptors (Lipinski definition) is 3. The zero-order valence-corrected chi connectivity index (χ0v) is 25.6. The second kappa shape index (κ2) is 25.6. The molecule has 37 heavy (non-hydrogen) atoms. The van der Waals surface area contributed by atoms with Gasteiger partial charge >= 0.3 is 0 Å². The van der Waals surface area contributed by atoms with Crippen molar-refractivity contribution in [2.75, 3.05) is 27.3 Å². The van der Waals surface area contributed by atoms with Gasteiger partial charge in [0.05, 0.1) is 12.2 Å². The van der Waals surface area contributed by atoms with Gasteiger partial charge in [-0.25, -0.2) is 0 Å². The largest absolute Gasteiger partial charge is 0.378 e. The Morgan fingerprint density at radius 3 is 1.49 bits per heavy atom. The van der Waals surface area contributed by atoms with Crippen molar-refractivity contribution in [3.63, 3.8) is 0 Å². The van der Waals surface area contributed by atoms with E-state index in [1.807, 2.05) is 0 Å². The van der Waals surface area contributed by atoms with Crippen molar-refractivity contribution >= 4 is 0 Å². The maximum absolute atomic E-state index is 6.36. The SMILES string of the molecule is CCCCC/C=C\C/C=C\CCCCCCCCO[C@@H]1CC(N(C)C)C[C@@H](OCCCCCCCC)C1. The number of unbranched alkanes of at least 4 members (excludes halogenated alkanes) is 14. The van der Waals surface area contributed by atoms with Crippen molar-refractivity contribution in [3.8, 4) is 0 Å². The van der Waals surface area contributed by atoms with E-state index in [0.717, 1.165) is 38.9 Å². The van der Waals surface area contributed by atoms with Crippen LogP contribution in [0.15, 0.2) is 24.3 Å². The Morgan fingerprint density at radius 1 is 0.541 bits per heavy atom. The van der Waals surface area contributed by atoms with Gasteiger partial charge in [0.25, 0.3) is 0 Å². The molecule has 0 spiro atoms. The summed E-state index contributed by atoms with van der Waals surface area (Å²) in [6.45, 7) is 6.39. The average Bonchev–Trinajstić information content (AvgIpc) is 2.89. The first-order chi connectivity index (χ1) is 18.2. The first kappa shape index (κ1) is 34.4. The van der Waals surface area contributed by atoms with Crippen molar-refractivity contribution in [2.24, 2.45) is 0 Å². The summed E-state index contributed by atoms with van der Waals surface area (Å²) < 4.78 is 12.7. The molecule has 218 valence electrons. The number of rotatable bonds is 25. The van der Waals surface area contributed by atoms with Gasteiger partial charge < -0.3 is 14.4 Å². The van der Waals surface area contributed by atoms with Gasteiger partial charge in [-0.05, 0) is 78.3 Å². The van der Waals surface area contributed by atoms with Crippen molar-refractivity contribution in [2.45, 2.75) is 167 Å². The Hall–Kier alpha value is -0.640. The van der Waals surface area contributed by atoms with E-state index in [4.69, 9.17) is 9.47 Å². The lowest BCUT2D eigenvalue weighted by Gasteiger charge is -2.38. The first-order valence-corrected chi connectivity index (χ1v) is 16.4. The van der Waals surface area contributed by atoms with E-state index in [1.54, 1.807) is 0 Å². The Morgan fingerprint density at radius 2 is 0.973 bits per heavy atom. The van der Waals surface area contributed by atoms with Crippen LogP contribution in [-0.2, 0) is 9.47 Å². The minimum Gasteiger partial charge on any atom is -0.378 e. The Labute approximate surface area is 232 Å². The molecule has 0 N–H and O–H groups in total. The quantitative estimate of drug-likeness (QED) is 0.0884. The van der Waals surface area contributed by atoms with Gasteiger partial charge in [0.2, 0.25) is 0 Å². The van der Waals surface area contributed by atoms with Crippen LogP contribution in [0.5, 0.6) is 0 Å². The van der Waals surface area contributed by atoms with Crippen molar-refractivity contribution in [1.29, 1.82) is 0 Å². The van der Waals surface area contributed by atoms with Crippen LogP contribution in [0.3, 0.4) is 0 Å². The first-order valence-electron chi connectivity index (χ1n) is 16.4. The molecule has 3 heteroatoms. The third-order valence-electron chi connectivity index (χ3n) is 7.88. The fourth-order valence-corrected chi connectivity index (χ4v) is 5.36. The Bertz CT molecular complexity index is 530. The Balaban J connectivity index is 2.02. The van der Waals surface area contributed by atoms with Crippen LogP contribution < -0.4 is 0 Å². The van der Waals surface area contributed by atoms with Gasteiger partial charge in [-0.3, -0.25) is 0 Å². The number of hydrogen-bond donors (Lipinski definition) is 0. The molecule has 0 saturated heterocycles. The van der Waals surface area contributed by atoms with E-state index < -0.39 is 0 Å². The molecule has 0 radical (unpaired) electrons. The van der Waals surface area contributed by atoms with Crippen molar-refractivity contribution in [3.05, 3.63) is 24.3 Å². The van der Waals surface area contributed by atoms with Gasteiger partial charge in [0, 0.05) is 19.3 Å². The molecule has 3 atom stereocenters. The average molecular weight is 520 g/mol. The lowest BCUT2D eigenvalue weighted by atomic mass is 9.89. The summed E-state index contributed by atoms with van der Waals surface area (Å²) in [5.41, 5.74) is 0. The molecular weight excluding hydrogens is 454 g/mol. The topological polar surface area (TPSA) is 21.7 Å². The normalized spacial score (nSPS) is 20.6.